The Morgan fingerprint density at radius 1 is 1.44 bits per heavy atom. The van der Waals surface area contributed by atoms with E-state index in [0.717, 1.165) is 38.8 Å². The van der Waals surface area contributed by atoms with Gasteiger partial charge in [-0.05, 0) is 32.2 Å². The first-order chi connectivity index (χ1) is 8.72. The maximum Gasteiger partial charge on any atom is 0.227 e. The second kappa shape index (κ2) is 6.02. The molecular weight excluding hydrogens is 228 g/mol. The zero-order chi connectivity index (χ0) is 13.0. The summed E-state index contributed by atoms with van der Waals surface area (Å²) >= 11 is 0. The molecular formula is C14H26N2O2. The average molecular weight is 254 g/mol. The maximum absolute atomic E-state index is 12.5. The molecule has 1 saturated carbocycles. The van der Waals surface area contributed by atoms with E-state index >= 15 is 0 Å². The van der Waals surface area contributed by atoms with Gasteiger partial charge in [0.25, 0.3) is 0 Å². The highest BCUT2D eigenvalue weighted by molar-refractivity contribution is 5.83. The van der Waals surface area contributed by atoms with Gasteiger partial charge in [0.05, 0.1) is 5.41 Å². The largest absolute Gasteiger partial charge is 0.396 e. The first-order valence-corrected chi connectivity index (χ1v) is 7.34. The number of aliphatic hydroxyl groups is 1. The van der Waals surface area contributed by atoms with Crippen molar-refractivity contribution in [3.05, 3.63) is 0 Å². The molecule has 3 N–H and O–H groups in total. The summed E-state index contributed by atoms with van der Waals surface area (Å²) in [7, 11) is 0. The Hall–Kier alpha value is -0.610. The highest BCUT2D eigenvalue weighted by Gasteiger charge is 2.41. The van der Waals surface area contributed by atoms with Crippen molar-refractivity contribution in [2.45, 2.75) is 51.5 Å². The van der Waals surface area contributed by atoms with Crippen LogP contribution < -0.4 is 10.6 Å². The van der Waals surface area contributed by atoms with E-state index in [0.29, 0.717) is 0 Å². The zero-order valence-electron chi connectivity index (χ0n) is 11.4. The molecule has 18 heavy (non-hydrogen) atoms. The lowest BCUT2D eigenvalue weighted by Gasteiger charge is -2.34. The molecule has 0 aromatic heterocycles. The summed E-state index contributed by atoms with van der Waals surface area (Å²) in [5.41, 5.74) is -0.211. The van der Waals surface area contributed by atoms with Gasteiger partial charge in [-0.25, -0.2) is 0 Å². The molecule has 0 aromatic carbocycles. The van der Waals surface area contributed by atoms with E-state index in [-0.39, 0.29) is 29.9 Å². The first kappa shape index (κ1) is 13.8. The van der Waals surface area contributed by atoms with Crippen molar-refractivity contribution in [3.8, 4) is 0 Å². The Balaban J connectivity index is 1.96. The lowest BCUT2D eigenvalue weighted by atomic mass is 9.80. The van der Waals surface area contributed by atoms with E-state index < -0.39 is 0 Å². The van der Waals surface area contributed by atoms with Crippen molar-refractivity contribution < 1.29 is 9.90 Å². The number of nitrogens with one attached hydrogen (secondary N) is 2. The van der Waals surface area contributed by atoms with Crippen LogP contribution in [-0.2, 0) is 4.79 Å². The van der Waals surface area contributed by atoms with Gasteiger partial charge >= 0.3 is 0 Å². The van der Waals surface area contributed by atoms with Gasteiger partial charge in [0.1, 0.15) is 0 Å². The minimum Gasteiger partial charge on any atom is -0.396 e. The Morgan fingerprint density at radius 3 is 2.83 bits per heavy atom. The van der Waals surface area contributed by atoms with Crippen LogP contribution in [0.5, 0.6) is 0 Å². The quantitative estimate of drug-likeness (QED) is 0.702. The molecule has 104 valence electrons. The Kier molecular flexibility index (Phi) is 4.62. The van der Waals surface area contributed by atoms with E-state index in [1.54, 1.807) is 0 Å². The molecule has 0 spiro atoms. The summed E-state index contributed by atoms with van der Waals surface area (Å²) in [6, 6.07) is 0.181. The van der Waals surface area contributed by atoms with Crippen molar-refractivity contribution in [2.75, 3.05) is 19.7 Å². The van der Waals surface area contributed by atoms with Crippen LogP contribution in [0.2, 0.25) is 0 Å². The molecule has 2 aliphatic rings. The Bertz CT molecular complexity index is 288. The minimum atomic E-state index is -0.211. The van der Waals surface area contributed by atoms with Crippen LogP contribution in [-0.4, -0.2) is 36.8 Å². The van der Waals surface area contributed by atoms with Gasteiger partial charge < -0.3 is 15.7 Å². The molecule has 3 unspecified atom stereocenters. The second-order valence-corrected chi connectivity index (χ2v) is 5.87. The number of hydrogen-bond donors (Lipinski definition) is 3. The van der Waals surface area contributed by atoms with Crippen LogP contribution in [0.4, 0.5) is 0 Å². The van der Waals surface area contributed by atoms with Crippen LogP contribution in [0.1, 0.15) is 45.4 Å². The van der Waals surface area contributed by atoms with Crippen molar-refractivity contribution in [1.29, 1.82) is 0 Å². The highest BCUT2D eigenvalue weighted by atomic mass is 16.3. The summed E-state index contributed by atoms with van der Waals surface area (Å²) in [5, 5.41) is 15.9. The SMILES string of the molecule is CCC1(C(=O)NC2CCCCC2CO)CCNC1. The fourth-order valence-electron chi connectivity index (χ4n) is 3.34. The summed E-state index contributed by atoms with van der Waals surface area (Å²) in [6.07, 6.45) is 6.23. The van der Waals surface area contributed by atoms with E-state index in [1.807, 2.05) is 0 Å². The highest BCUT2D eigenvalue weighted by Crippen LogP contribution is 2.31. The maximum atomic E-state index is 12.5. The van der Waals surface area contributed by atoms with Gasteiger partial charge in [-0.3, -0.25) is 4.79 Å². The molecule has 4 heteroatoms. The molecule has 1 aliphatic heterocycles. The molecule has 0 bridgehead atoms. The molecule has 1 heterocycles. The van der Waals surface area contributed by atoms with Crippen LogP contribution in [0.25, 0.3) is 0 Å². The molecule has 2 fully saturated rings. The van der Waals surface area contributed by atoms with Gasteiger partial charge in [0.2, 0.25) is 5.91 Å². The van der Waals surface area contributed by atoms with Crippen molar-refractivity contribution in [1.82, 2.24) is 10.6 Å². The third kappa shape index (κ3) is 2.69. The zero-order valence-corrected chi connectivity index (χ0v) is 11.4. The molecule has 0 radical (unpaired) electrons. The fourth-order valence-corrected chi connectivity index (χ4v) is 3.34. The summed E-state index contributed by atoms with van der Waals surface area (Å²) in [6.45, 7) is 4.03. The smallest absolute Gasteiger partial charge is 0.227 e. The predicted molar refractivity (Wildman–Crippen MR) is 71.2 cm³/mol. The summed E-state index contributed by atoms with van der Waals surface area (Å²) in [5.74, 6) is 0.450. The first-order valence-electron chi connectivity index (χ1n) is 7.34. The second-order valence-electron chi connectivity index (χ2n) is 5.87. The van der Waals surface area contributed by atoms with Gasteiger partial charge in [-0.2, -0.15) is 0 Å². The molecule has 1 amide bonds. The van der Waals surface area contributed by atoms with Crippen molar-refractivity contribution >= 4 is 5.91 Å². The number of amides is 1. The van der Waals surface area contributed by atoms with E-state index in [4.69, 9.17) is 0 Å². The Morgan fingerprint density at radius 2 is 2.22 bits per heavy atom. The topological polar surface area (TPSA) is 61.4 Å². The number of aliphatic hydroxyl groups excluding tert-OH is 1. The Labute approximate surface area is 110 Å². The molecule has 4 nitrogen and oxygen atoms in total. The molecule has 0 aromatic rings. The van der Waals surface area contributed by atoms with Crippen molar-refractivity contribution in [2.24, 2.45) is 11.3 Å². The standard InChI is InChI=1S/C14H26N2O2/c1-2-14(7-8-15-10-14)13(18)16-12-6-4-3-5-11(12)9-17/h11-12,15,17H,2-10H2,1H3,(H,16,18). The minimum absolute atomic E-state index is 0.181. The summed E-state index contributed by atoms with van der Waals surface area (Å²) in [4.78, 5) is 12.5. The molecule has 1 saturated heterocycles. The van der Waals surface area contributed by atoms with Gasteiger partial charge in [0, 0.05) is 25.1 Å². The monoisotopic (exact) mass is 254 g/mol. The normalized spacial score (nSPS) is 36.6. The summed E-state index contributed by atoms with van der Waals surface area (Å²) < 4.78 is 0. The van der Waals surface area contributed by atoms with Gasteiger partial charge in [-0.1, -0.05) is 19.8 Å². The number of carbonyl (C=O) groups excluding carboxylic acids is 1. The predicted octanol–water partition coefficient (Wildman–Crippen LogP) is 1.04. The van der Waals surface area contributed by atoms with Crippen LogP contribution in [0, 0.1) is 11.3 Å². The van der Waals surface area contributed by atoms with Crippen LogP contribution in [0.3, 0.4) is 0 Å². The number of carbonyl (C=O) groups is 1. The van der Waals surface area contributed by atoms with E-state index in [2.05, 4.69) is 17.6 Å². The van der Waals surface area contributed by atoms with Gasteiger partial charge in [-0.15, -0.1) is 0 Å². The molecule has 2 rings (SSSR count). The fraction of sp³-hybridized carbons (Fsp3) is 0.929. The third-order valence-corrected chi connectivity index (χ3v) is 4.86. The van der Waals surface area contributed by atoms with E-state index in [1.165, 1.54) is 12.8 Å². The lowest BCUT2D eigenvalue weighted by Crippen LogP contribution is -2.50. The third-order valence-electron chi connectivity index (χ3n) is 4.86. The number of hydrogen-bond acceptors (Lipinski definition) is 3. The molecule has 1 aliphatic carbocycles. The molecule has 3 atom stereocenters. The van der Waals surface area contributed by atoms with Crippen molar-refractivity contribution in [3.63, 3.8) is 0 Å². The van der Waals surface area contributed by atoms with E-state index in [9.17, 15) is 9.90 Å². The van der Waals surface area contributed by atoms with Crippen LogP contribution in [0.15, 0.2) is 0 Å². The average Bonchev–Trinajstić information content (AvgIpc) is 2.89. The van der Waals surface area contributed by atoms with Gasteiger partial charge in [0.15, 0.2) is 0 Å². The van der Waals surface area contributed by atoms with Crippen LogP contribution >= 0.6 is 0 Å². The lowest BCUT2D eigenvalue weighted by molar-refractivity contribution is -0.131. The number of rotatable bonds is 4.